The predicted octanol–water partition coefficient (Wildman–Crippen LogP) is -1.93. The van der Waals surface area contributed by atoms with Crippen molar-refractivity contribution < 1.29 is 31.0 Å². The van der Waals surface area contributed by atoms with Crippen molar-refractivity contribution in [1.29, 1.82) is 0 Å². The fourth-order valence-electron chi connectivity index (χ4n) is 0.447. The summed E-state index contributed by atoms with van der Waals surface area (Å²) in [5, 5.41) is 0. The molecule has 0 amide bonds. The smallest absolute Gasteiger partial charge is 1.00 e. The minimum absolute atomic E-state index is 0. The molecule has 0 aliphatic carbocycles. The minimum Gasteiger partial charge on any atom is -1.00 e. The van der Waals surface area contributed by atoms with Crippen LogP contribution in [0.4, 0.5) is 0 Å². The van der Waals surface area contributed by atoms with Gasteiger partial charge in [-0.2, -0.15) is 0 Å². The van der Waals surface area contributed by atoms with Gasteiger partial charge in [0, 0.05) is 0 Å². The molecule has 0 bridgehead atoms. The molecule has 0 aromatic rings. The van der Waals surface area contributed by atoms with Gasteiger partial charge in [-0.25, -0.2) is 0 Å². The molecule has 0 aromatic carbocycles. The summed E-state index contributed by atoms with van der Waals surface area (Å²) in [5.41, 5.74) is 0. The Balaban J connectivity index is -0.000000125. The topological polar surface area (TPSA) is 3.24 Å². The molecule has 0 aliphatic heterocycles. The monoisotopic (exact) mass is 111 g/mol. The quantitative estimate of drug-likeness (QED) is 0.375. The Kier molecular flexibility index (Phi) is 10.8. The summed E-state index contributed by atoms with van der Waals surface area (Å²) in [5.74, 6) is 0. The van der Waals surface area contributed by atoms with Crippen LogP contribution < -0.4 is 29.6 Å². The zero-order valence-electron chi connectivity index (χ0n) is 6.86. The molecular weight excluding hydrogens is 97.1 g/mol. The van der Waals surface area contributed by atoms with Gasteiger partial charge in [0.05, 0.1) is 0 Å². The van der Waals surface area contributed by atoms with E-state index < -0.39 is 0 Å². The van der Waals surface area contributed by atoms with Gasteiger partial charge in [0.15, 0.2) is 0 Å². The van der Waals surface area contributed by atoms with Crippen molar-refractivity contribution in [1.82, 2.24) is 4.90 Å². The fraction of sp³-hybridized carbons (Fsp3) is 1.00. The third-order valence-corrected chi connectivity index (χ3v) is 0.671. The Labute approximate surface area is 69.9 Å². The standard InChI is InChI=1S/C5H13N.Na.H/c1-4-5-6(2)3;;/h4-5H2,1-3H3;;/q;+1;-1. The molecule has 40 valence electrons. The molecule has 0 spiro atoms. The maximum Gasteiger partial charge on any atom is 1.00 e. The van der Waals surface area contributed by atoms with Gasteiger partial charge in [0.25, 0.3) is 0 Å². The second kappa shape index (κ2) is 6.96. The van der Waals surface area contributed by atoms with Gasteiger partial charge < -0.3 is 6.33 Å². The van der Waals surface area contributed by atoms with Crippen LogP contribution in [0.15, 0.2) is 0 Å². The zero-order valence-corrected chi connectivity index (χ0v) is 7.86. The molecule has 0 radical (unpaired) electrons. The molecule has 0 unspecified atom stereocenters. The van der Waals surface area contributed by atoms with E-state index >= 15 is 0 Å². The Bertz CT molecular complexity index is 33.6. The van der Waals surface area contributed by atoms with Crippen LogP contribution in [0, 0.1) is 0 Å². The second-order valence-corrected chi connectivity index (χ2v) is 1.80. The fourth-order valence-corrected chi connectivity index (χ4v) is 0.447. The summed E-state index contributed by atoms with van der Waals surface area (Å²) in [6, 6.07) is 0. The van der Waals surface area contributed by atoms with Crippen LogP contribution in [0.5, 0.6) is 0 Å². The first kappa shape index (κ1) is 10.9. The van der Waals surface area contributed by atoms with Crippen LogP contribution in [-0.2, 0) is 0 Å². The van der Waals surface area contributed by atoms with Gasteiger partial charge in [-0.1, -0.05) is 6.92 Å². The van der Waals surface area contributed by atoms with Crippen LogP contribution in [0.25, 0.3) is 0 Å². The van der Waals surface area contributed by atoms with Crippen molar-refractivity contribution >= 4 is 0 Å². The Morgan fingerprint density at radius 3 is 1.86 bits per heavy atom. The van der Waals surface area contributed by atoms with E-state index in [4.69, 9.17) is 0 Å². The maximum atomic E-state index is 2.18. The van der Waals surface area contributed by atoms with Crippen molar-refractivity contribution in [3.63, 3.8) is 0 Å². The van der Waals surface area contributed by atoms with Crippen LogP contribution in [-0.4, -0.2) is 25.5 Å². The van der Waals surface area contributed by atoms with E-state index in [0.717, 1.165) is 0 Å². The van der Waals surface area contributed by atoms with Gasteiger partial charge in [-0.3, -0.25) is 0 Å². The summed E-state index contributed by atoms with van der Waals surface area (Å²) >= 11 is 0. The largest absolute Gasteiger partial charge is 1.00 e. The molecule has 2 heteroatoms. The average Bonchev–Trinajstić information content (AvgIpc) is 1.35. The first-order valence-corrected chi connectivity index (χ1v) is 2.42. The normalized spacial score (nSPS) is 8.57. The van der Waals surface area contributed by atoms with Crippen molar-refractivity contribution in [3.05, 3.63) is 0 Å². The van der Waals surface area contributed by atoms with Gasteiger partial charge in [0.2, 0.25) is 0 Å². The summed E-state index contributed by atoms with van der Waals surface area (Å²) in [4.78, 5) is 2.18. The van der Waals surface area contributed by atoms with Crippen molar-refractivity contribution in [2.75, 3.05) is 20.6 Å². The molecule has 7 heavy (non-hydrogen) atoms. The van der Waals surface area contributed by atoms with E-state index in [9.17, 15) is 0 Å². The Hall–Kier alpha value is 0.960. The van der Waals surface area contributed by atoms with Crippen molar-refractivity contribution in [3.8, 4) is 0 Å². The zero-order chi connectivity index (χ0) is 4.99. The molecule has 0 saturated heterocycles. The molecule has 0 N–H and O–H groups in total. The summed E-state index contributed by atoms with van der Waals surface area (Å²) in [6.45, 7) is 3.39. The molecular formula is C5H14NNa. The Morgan fingerprint density at radius 1 is 1.43 bits per heavy atom. The summed E-state index contributed by atoms with van der Waals surface area (Å²) in [7, 11) is 4.17. The van der Waals surface area contributed by atoms with Crippen LogP contribution in [0.3, 0.4) is 0 Å². The van der Waals surface area contributed by atoms with E-state index in [-0.39, 0.29) is 31.0 Å². The molecule has 0 atom stereocenters. The van der Waals surface area contributed by atoms with E-state index in [0.29, 0.717) is 0 Å². The third-order valence-electron chi connectivity index (χ3n) is 0.671. The van der Waals surface area contributed by atoms with Gasteiger partial charge in [0.1, 0.15) is 0 Å². The van der Waals surface area contributed by atoms with Crippen LogP contribution in [0.2, 0.25) is 0 Å². The molecule has 0 heterocycles. The average molecular weight is 111 g/mol. The number of hydrogen-bond acceptors (Lipinski definition) is 1. The first-order valence-electron chi connectivity index (χ1n) is 2.42. The van der Waals surface area contributed by atoms with Crippen molar-refractivity contribution in [2.45, 2.75) is 13.3 Å². The first-order chi connectivity index (χ1) is 2.77. The van der Waals surface area contributed by atoms with E-state index in [1.165, 1.54) is 13.0 Å². The van der Waals surface area contributed by atoms with E-state index in [1.807, 2.05) is 0 Å². The number of nitrogens with zero attached hydrogens (tertiary/aromatic N) is 1. The van der Waals surface area contributed by atoms with Gasteiger partial charge in [-0.05, 0) is 27.1 Å². The van der Waals surface area contributed by atoms with Crippen LogP contribution >= 0.6 is 0 Å². The van der Waals surface area contributed by atoms with Gasteiger partial charge >= 0.3 is 29.6 Å². The summed E-state index contributed by atoms with van der Waals surface area (Å²) in [6.07, 6.45) is 1.26. The number of rotatable bonds is 2. The number of hydrogen-bond donors (Lipinski definition) is 0. The Morgan fingerprint density at radius 2 is 1.86 bits per heavy atom. The molecule has 1 nitrogen and oxygen atoms in total. The minimum atomic E-state index is 0. The van der Waals surface area contributed by atoms with E-state index in [1.54, 1.807) is 0 Å². The second-order valence-electron chi connectivity index (χ2n) is 1.80. The molecule has 0 aliphatic rings. The predicted molar refractivity (Wildman–Crippen MR) is 30.0 cm³/mol. The molecule has 0 rings (SSSR count). The maximum absolute atomic E-state index is 2.18. The third kappa shape index (κ3) is 10.9. The summed E-state index contributed by atoms with van der Waals surface area (Å²) < 4.78 is 0. The molecule has 0 aromatic heterocycles. The van der Waals surface area contributed by atoms with E-state index in [2.05, 4.69) is 25.9 Å². The van der Waals surface area contributed by atoms with Crippen LogP contribution in [0.1, 0.15) is 14.8 Å². The molecule has 0 fully saturated rings. The van der Waals surface area contributed by atoms with Gasteiger partial charge in [-0.15, -0.1) is 0 Å². The van der Waals surface area contributed by atoms with Crippen molar-refractivity contribution in [2.24, 2.45) is 0 Å². The SMILES string of the molecule is CCCN(C)C.[H-].[Na+]. The molecule has 0 saturated carbocycles.